The maximum Gasteiger partial charge on any atom is 0.334 e. The third-order valence-corrected chi connectivity index (χ3v) is 6.74. The van der Waals surface area contributed by atoms with Crippen LogP contribution in [0.25, 0.3) is 16.9 Å². The second kappa shape index (κ2) is 7.05. The van der Waals surface area contributed by atoms with Crippen molar-refractivity contribution in [3.05, 3.63) is 75.8 Å². The van der Waals surface area contributed by atoms with Crippen LogP contribution >= 0.6 is 0 Å². The quantitative estimate of drug-likeness (QED) is 0.545. The van der Waals surface area contributed by atoms with E-state index in [4.69, 9.17) is 4.42 Å². The van der Waals surface area contributed by atoms with E-state index in [1.165, 1.54) is 10.1 Å². The monoisotopic (exact) mass is 418 g/mol. The second-order valence-electron chi connectivity index (χ2n) is 8.44. The van der Waals surface area contributed by atoms with Crippen LogP contribution in [-0.4, -0.2) is 41.1 Å². The Morgan fingerprint density at radius 3 is 2.55 bits per heavy atom. The summed E-state index contributed by atoms with van der Waals surface area (Å²) in [6, 6.07) is 6.63. The Morgan fingerprint density at radius 2 is 1.84 bits per heavy atom. The molecule has 0 aromatic carbocycles. The van der Waals surface area contributed by atoms with Crippen LogP contribution in [0.3, 0.4) is 0 Å². The molecule has 2 bridgehead atoms. The molecule has 9 heteroatoms. The van der Waals surface area contributed by atoms with Crippen molar-refractivity contribution in [3.63, 3.8) is 0 Å². The lowest BCUT2D eigenvalue weighted by Gasteiger charge is -2.39. The highest BCUT2D eigenvalue weighted by Crippen LogP contribution is 2.42. The van der Waals surface area contributed by atoms with E-state index in [0.717, 1.165) is 32.2 Å². The molecule has 0 spiro atoms. The first-order valence-electron chi connectivity index (χ1n) is 10.6. The molecule has 4 aromatic rings. The van der Waals surface area contributed by atoms with Crippen LogP contribution in [0.15, 0.2) is 63.5 Å². The fourth-order valence-electron chi connectivity index (χ4n) is 5.37. The fourth-order valence-corrected chi connectivity index (χ4v) is 5.37. The lowest BCUT2D eigenvalue weighted by molar-refractivity contribution is 0.100. The van der Waals surface area contributed by atoms with Gasteiger partial charge in [-0.1, -0.05) is 0 Å². The third kappa shape index (κ3) is 2.96. The predicted molar refractivity (Wildman–Crippen MR) is 113 cm³/mol. The Morgan fingerprint density at radius 1 is 1.06 bits per heavy atom. The number of rotatable bonds is 4. The first-order valence-corrected chi connectivity index (χ1v) is 10.6. The van der Waals surface area contributed by atoms with E-state index in [-0.39, 0.29) is 11.6 Å². The highest BCUT2D eigenvalue weighted by Gasteiger charge is 2.41. The van der Waals surface area contributed by atoms with Gasteiger partial charge < -0.3 is 8.98 Å². The molecule has 2 unspecified atom stereocenters. The molecule has 0 radical (unpaired) electrons. The zero-order chi connectivity index (χ0) is 20.9. The normalized spacial score (nSPS) is 23.5. The molecule has 0 amide bonds. The van der Waals surface area contributed by atoms with Gasteiger partial charge in [-0.2, -0.15) is 0 Å². The van der Waals surface area contributed by atoms with Crippen LogP contribution in [0.2, 0.25) is 0 Å². The van der Waals surface area contributed by atoms with Crippen molar-refractivity contribution < 1.29 is 4.42 Å². The van der Waals surface area contributed by atoms with Gasteiger partial charge in [0, 0.05) is 42.6 Å². The Bertz CT molecular complexity index is 1320. The van der Waals surface area contributed by atoms with Gasteiger partial charge in [-0.05, 0) is 43.9 Å². The highest BCUT2D eigenvalue weighted by atomic mass is 16.3. The number of furan rings is 1. The molecule has 31 heavy (non-hydrogen) atoms. The van der Waals surface area contributed by atoms with Crippen LogP contribution < -0.4 is 11.2 Å². The van der Waals surface area contributed by atoms with Crippen LogP contribution in [-0.2, 0) is 6.54 Å². The van der Waals surface area contributed by atoms with Crippen LogP contribution in [0.4, 0.5) is 0 Å². The highest BCUT2D eigenvalue weighted by molar-refractivity contribution is 5.72. The van der Waals surface area contributed by atoms with Crippen molar-refractivity contribution in [1.82, 2.24) is 29.0 Å². The molecule has 6 heterocycles. The molecule has 2 aliphatic rings. The van der Waals surface area contributed by atoms with Crippen molar-refractivity contribution in [2.45, 2.75) is 50.4 Å². The van der Waals surface area contributed by atoms with Gasteiger partial charge in [-0.15, -0.1) is 0 Å². The topological polar surface area (TPSA) is 102 Å². The molecular formula is C22H22N6O3. The molecule has 2 aliphatic heterocycles. The summed E-state index contributed by atoms with van der Waals surface area (Å²) in [5.41, 5.74) is 1.76. The zero-order valence-corrected chi connectivity index (χ0v) is 16.8. The summed E-state index contributed by atoms with van der Waals surface area (Å²) in [4.78, 5) is 38.7. The van der Waals surface area contributed by atoms with E-state index >= 15 is 0 Å². The number of piperidine rings is 1. The summed E-state index contributed by atoms with van der Waals surface area (Å²) in [5.74, 6) is 0. The minimum absolute atomic E-state index is 0.178. The minimum atomic E-state index is -0.467. The standard InChI is InChI=1S/C22H22N6O3/c29-20-19-21(28(22(30)25-20)15-3-6-23-7-4-15)27(13-24-19)18-9-16-1-2-17(10-18)26(16)11-14-5-8-31-12-14/h3-8,12-13,16-18H,1-2,9-11H2,(H,25,29,30). The number of fused-ring (bicyclic) bond motifs is 3. The Balaban J connectivity index is 1.41. The molecule has 4 aromatic heterocycles. The summed E-state index contributed by atoms with van der Waals surface area (Å²) in [6.07, 6.45) is 12.7. The molecule has 158 valence electrons. The molecule has 1 N–H and O–H groups in total. The van der Waals surface area contributed by atoms with Crippen LogP contribution in [0.5, 0.6) is 0 Å². The van der Waals surface area contributed by atoms with E-state index in [2.05, 4.69) is 19.9 Å². The number of nitrogens with one attached hydrogen (secondary N) is 1. The third-order valence-electron chi connectivity index (χ3n) is 6.74. The maximum atomic E-state index is 12.8. The second-order valence-corrected chi connectivity index (χ2v) is 8.44. The summed E-state index contributed by atoms with van der Waals surface area (Å²) in [5, 5.41) is 0. The van der Waals surface area contributed by atoms with Gasteiger partial charge in [-0.3, -0.25) is 19.7 Å². The van der Waals surface area contributed by atoms with Crippen molar-refractivity contribution in [1.29, 1.82) is 0 Å². The number of H-pyrrole nitrogens is 1. The maximum absolute atomic E-state index is 12.8. The summed E-state index contributed by atoms with van der Waals surface area (Å²) >= 11 is 0. The van der Waals surface area contributed by atoms with Gasteiger partial charge >= 0.3 is 5.69 Å². The molecule has 2 fully saturated rings. The Hall–Kier alpha value is -3.46. The average Bonchev–Trinajstić information content (AvgIpc) is 3.49. The zero-order valence-electron chi connectivity index (χ0n) is 16.8. The predicted octanol–water partition coefficient (Wildman–Crippen LogP) is 2.23. The van der Waals surface area contributed by atoms with Gasteiger partial charge in [0.1, 0.15) is 0 Å². The van der Waals surface area contributed by atoms with E-state index < -0.39 is 11.2 Å². The first kappa shape index (κ1) is 18.3. The minimum Gasteiger partial charge on any atom is -0.472 e. The molecule has 2 saturated heterocycles. The molecule has 6 rings (SSSR count). The SMILES string of the molecule is O=c1[nH]c(=O)n(-c2ccncc2)c2c1ncn2C1CC2CCC(C1)N2Cc1ccoc1. The number of hydrogen-bond acceptors (Lipinski definition) is 6. The lowest BCUT2D eigenvalue weighted by atomic mass is 9.96. The fraction of sp³-hybridized carbons (Fsp3) is 0.364. The Labute approximate surface area is 177 Å². The van der Waals surface area contributed by atoms with E-state index in [9.17, 15) is 9.59 Å². The Kier molecular flexibility index (Phi) is 4.17. The van der Waals surface area contributed by atoms with Gasteiger partial charge in [0.25, 0.3) is 5.56 Å². The number of nitrogens with zero attached hydrogens (tertiary/aromatic N) is 5. The largest absolute Gasteiger partial charge is 0.472 e. The summed E-state index contributed by atoms with van der Waals surface area (Å²) in [7, 11) is 0. The van der Waals surface area contributed by atoms with Crippen LogP contribution in [0, 0.1) is 0 Å². The van der Waals surface area contributed by atoms with Crippen molar-refractivity contribution in [2.24, 2.45) is 0 Å². The van der Waals surface area contributed by atoms with Crippen molar-refractivity contribution in [3.8, 4) is 5.69 Å². The van der Waals surface area contributed by atoms with E-state index in [1.807, 2.05) is 16.9 Å². The van der Waals surface area contributed by atoms with E-state index in [0.29, 0.717) is 23.4 Å². The number of pyridine rings is 1. The summed E-state index contributed by atoms with van der Waals surface area (Å²) < 4.78 is 8.81. The number of aromatic nitrogens is 5. The number of hydrogen-bond donors (Lipinski definition) is 1. The van der Waals surface area contributed by atoms with Gasteiger partial charge in [-0.25, -0.2) is 14.3 Å². The van der Waals surface area contributed by atoms with Crippen molar-refractivity contribution >= 4 is 11.2 Å². The number of aromatic amines is 1. The smallest absolute Gasteiger partial charge is 0.334 e. The molecule has 2 atom stereocenters. The van der Waals surface area contributed by atoms with Crippen molar-refractivity contribution in [2.75, 3.05) is 0 Å². The van der Waals surface area contributed by atoms with Gasteiger partial charge in [0.2, 0.25) is 0 Å². The first-order chi connectivity index (χ1) is 15.2. The summed E-state index contributed by atoms with van der Waals surface area (Å²) in [6.45, 7) is 0.893. The van der Waals surface area contributed by atoms with Crippen LogP contribution in [0.1, 0.15) is 37.3 Å². The van der Waals surface area contributed by atoms with E-state index in [1.54, 1.807) is 37.1 Å². The average molecular weight is 418 g/mol. The van der Waals surface area contributed by atoms with Gasteiger partial charge in [0.05, 0.1) is 24.5 Å². The number of imidazole rings is 1. The molecule has 0 aliphatic carbocycles. The lowest BCUT2D eigenvalue weighted by Crippen LogP contribution is -2.43. The molecule has 9 nitrogen and oxygen atoms in total. The molecule has 0 saturated carbocycles. The molecular weight excluding hydrogens is 396 g/mol. The van der Waals surface area contributed by atoms with Gasteiger partial charge in [0.15, 0.2) is 11.2 Å².